The lowest BCUT2D eigenvalue weighted by molar-refractivity contribution is 0.255. The van der Waals surface area contributed by atoms with Gasteiger partial charge in [0.1, 0.15) is 0 Å². The number of allylic oxidation sites excluding steroid dienone is 3. The molecule has 0 N–H and O–H groups in total. The third-order valence-corrected chi connectivity index (χ3v) is 3.14. The Morgan fingerprint density at radius 3 is 2.67 bits per heavy atom. The maximum Gasteiger partial charge on any atom is 0.0233 e. The Labute approximate surface area is 94.2 Å². The van der Waals surface area contributed by atoms with Crippen LogP contribution in [0.5, 0.6) is 0 Å². The van der Waals surface area contributed by atoms with E-state index >= 15 is 0 Å². The highest BCUT2D eigenvalue weighted by atomic mass is 15.1. The van der Waals surface area contributed by atoms with E-state index in [1.54, 1.807) is 0 Å². The van der Waals surface area contributed by atoms with Crippen molar-refractivity contribution in [3.05, 3.63) is 36.5 Å². The summed E-state index contributed by atoms with van der Waals surface area (Å²) in [6, 6.07) is 0.712. The van der Waals surface area contributed by atoms with Gasteiger partial charge in [0, 0.05) is 12.6 Å². The van der Waals surface area contributed by atoms with Crippen molar-refractivity contribution >= 4 is 0 Å². The molecular weight excluding hydrogens is 182 g/mol. The predicted molar refractivity (Wildman–Crippen MR) is 67.9 cm³/mol. The van der Waals surface area contributed by atoms with Crippen LogP contribution in [0.15, 0.2) is 36.5 Å². The van der Waals surface area contributed by atoms with Crippen molar-refractivity contribution in [1.82, 2.24) is 4.90 Å². The summed E-state index contributed by atoms with van der Waals surface area (Å²) >= 11 is 0. The Hall–Kier alpha value is -0.820. The molecule has 0 spiro atoms. The largest absolute Gasteiger partial charge is 0.299 e. The Morgan fingerprint density at radius 2 is 2.20 bits per heavy atom. The van der Waals surface area contributed by atoms with Gasteiger partial charge in [-0.05, 0) is 45.2 Å². The maximum absolute atomic E-state index is 3.75. The van der Waals surface area contributed by atoms with E-state index < -0.39 is 0 Å². The molecule has 0 amide bonds. The first-order chi connectivity index (χ1) is 7.19. The number of rotatable bonds is 6. The van der Waals surface area contributed by atoms with Gasteiger partial charge in [0.25, 0.3) is 0 Å². The first-order valence-electron chi connectivity index (χ1n) is 5.83. The van der Waals surface area contributed by atoms with E-state index in [0.29, 0.717) is 6.04 Å². The predicted octanol–water partition coefficient (Wildman–Crippen LogP) is 3.41. The van der Waals surface area contributed by atoms with E-state index in [-0.39, 0.29) is 0 Å². The minimum Gasteiger partial charge on any atom is -0.299 e. The summed E-state index contributed by atoms with van der Waals surface area (Å²) in [7, 11) is 2.21. The zero-order valence-corrected chi connectivity index (χ0v) is 10.2. The van der Waals surface area contributed by atoms with Crippen molar-refractivity contribution < 1.29 is 0 Å². The molecular formula is C14H23N. The first-order valence-corrected chi connectivity index (χ1v) is 5.83. The molecule has 1 aliphatic rings. The van der Waals surface area contributed by atoms with Gasteiger partial charge in [-0.1, -0.05) is 30.9 Å². The van der Waals surface area contributed by atoms with Gasteiger partial charge in [0.05, 0.1) is 0 Å². The van der Waals surface area contributed by atoms with Crippen LogP contribution >= 0.6 is 0 Å². The molecule has 0 aromatic heterocycles. The molecule has 0 saturated heterocycles. The Balaban J connectivity index is 2.49. The van der Waals surface area contributed by atoms with Crippen LogP contribution in [0.3, 0.4) is 0 Å². The SMILES string of the molecule is C=C/C=C(\C=C/C)CN(C)C(C)C1CC1. The Kier molecular flexibility index (Phi) is 4.83. The van der Waals surface area contributed by atoms with Gasteiger partial charge >= 0.3 is 0 Å². The molecule has 1 rings (SSSR count). The maximum atomic E-state index is 3.75. The lowest BCUT2D eigenvalue weighted by Gasteiger charge is -2.24. The zero-order chi connectivity index (χ0) is 11.3. The molecule has 0 heterocycles. The second-order valence-corrected chi connectivity index (χ2v) is 4.47. The zero-order valence-electron chi connectivity index (χ0n) is 10.2. The quantitative estimate of drug-likeness (QED) is 0.601. The highest BCUT2D eigenvalue weighted by Gasteiger charge is 2.30. The Morgan fingerprint density at radius 1 is 1.53 bits per heavy atom. The molecule has 0 aromatic rings. The summed E-state index contributed by atoms with van der Waals surface area (Å²) in [5, 5.41) is 0. The molecule has 1 nitrogen and oxygen atoms in total. The van der Waals surface area contributed by atoms with Crippen LogP contribution in [0.4, 0.5) is 0 Å². The molecule has 1 heteroatoms. The van der Waals surface area contributed by atoms with Gasteiger partial charge in [0.2, 0.25) is 0 Å². The van der Waals surface area contributed by atoms with Crippen molar-refractivity contribution in [2.75, 3.05) is 13.6 Å². The Bertz CT molecular complexity index is 259. The highest BCUT2D eigenvalue weighted by Crippen LogP contribution is 2.34. The van der Waals surface area contributed by atoms with E-state index in [0.717, 1.165) is 12.5 Å². The van der Waals surface area contributed by atoms with Crippen molar-refractivity contribution in [2.24, 2.45) is 5.92 Å². The minimum absolute atomic E-state index is 0.712. The van der Waals surface area contributed by atoms with E-state index in [1.165, 1.54) is 18.4 Å². The minimum atomic E-state index is 0.712. The van der Waals surface area contributed by atoms with Crippen LogP contribution in [0.2, 0.25) is 0 Å². The molecule has 1 fully saturated rings. The number of likely N-dealkylation sites (N-methyl/N-ethyl adjacent to an activating group) is 1. The second kappa shape index (κ2) is 5.92. The molecule has 15 heavy (non-hydrogen) atoms. The van der Waals surface area contributed by atoms with E-state index in [1.807, 2.05) is 6.08 Å². The van der Waals surface area contributed by atoms with Gasteiger partial charge < -0.3 is 0 Å². The van der Waals surface area contributed by atoms with Crippen LogP contribution in [0, 0.1) is 5.92 Å². The molecule has 0 aliphatic heterocycles. The number of nitrogens with zero attached hydrogens (tertiary/aromatic N) is 1. The molecule has 0 aromatic carbocycles. The lowest BCUT2D eigenvalue weighted by atomic mass is 10.1. The third kappa shape index (κ3) is 4.05. The summed E-state index contributed by atoms with van der Waals surface area (Å²) in [5.74, 6) is 0.936. The molecule has 1 saturated carbocycles. The first kappa shape index (κ1) is 12.3. The van der Waals surface area contributed by atoms with Crippen molar-refractivity contribution in [3.8, 4) is 0 Å². The van der Waals surface area contributed by atoms with Gasteiger partial charge in [-0.15, -0.1) is 0 Å². The molecule has 1 atom stereocenters. The topological polar surface area (TPSA) is 3.24 Å². The number of hydrogen-bond donors (Lipinski definition) is 0. The van der Waals surface area contributed by atoms with Crippen molar-refractivity contribution in [2.45, 2.75) is 32.7 Å². The van der Waals surface area contributed by atoms with Gasteiger partial charge in [-0.25, -0.2) is 0 Å². The average molecular weight is 205 g/mol. The average Bonchev–Trinajstić information content (AvgIpc) is 3.00. The van der Waals surface area contributed by atoms with Crippen LogP contribution in [-0.2, 0) is 0 Å². The van der Waals surface area contributed by atoms with Gasteiger partial charge in [-0.3, -0.25) is 4.90 Å². The lowest BCUT2D eigenvalue weighted by Crippen LogP contribution is -2.32. The second-order valence-electron chi connectivity index (χ2n) is 4.47. The monoisotopic (exact) mass is 205 g/mol. The standard InChI is InChI=1S/C14H23N/c1-5-7-13(8-6-2)11-15(4)12(3)14-9-10-14/h5-8,12,14H,1,9-11H2,2-4H3/b8-6-,13-7+. The van der Waals surface area contributed by atoms with Crippen LogP contribution in [0.1, 0.15) is 26.7 Å². The summed E-state index contributed by atoms with van der Waals surface area (Å²) < 4.78 is 0. The highest BCUT2D eigenvalue weighted by molar-refractivity contribution is 5.24. The number of hydrogen-bond acceptors (Lipinski definition) is 1. The summed E-state index contributed by atoms with van der Waals surface area (Å²) in [4.78, 5) is 2.44. The summed E-state index contributed by atoms with van der Waals surface area (Å²) in [6.07, 6.45) is 11.0. The molecule has 84 valence electrons. The molecule has 1 aliphatic carbocycles. The fourth-order valence-electron chi connectivity index (χ4n) is 1.90. The van der Waals surface area contributed by atoms with Crippen LogP contribution in [0.25, 0.3) is 0 Å². The van der Waals surface area contributed by atoms with E-state index in [4.69, 9.17) is 0 Å². The van der Waals surface area contributed by atoms with Crippen molar-refractivity contribution in [1.29, 1.82) is 0 Å². The van der Waals surface area contributed by atoms with Gasteiger partial charge in [0.15, 0.2) is 0 Å². The molecule has 0 radical (unpaired) electrons. The molecule has 1 unspecified atom stereocenters. The molecule has 0 bridgehead atoms. The third-order valence-electron chi connectivity index (χ3n) is 3.14. The van der Waals surface area contributed by atoms with Gasteiger partial charge in [-0.2, -0.15) is 0 Å². The fraction of sp³-hybridized carbons (Fsp3) is 0.571. The van der Waals surface area contributed by atoms with Crippen molar-refractivity contribution in [3.63, 3.8) is 0 Å². The van der Waals surface area contributed by atoms with Crippen LogP contribution < -0.4 is 0 Å². The normalized spacial score (nSPS) is 19.9. The van der Waals surface area contributed by atoms with E-state index in [9.17, 15) is 0 Å². The smallest absolute Gasteiger partial charge is 0.0233 e. The summed E-state index contributed by atoms with van der Waals surface area (Å²) in [6.45, 7) is 9.16. The van der Waals surface area contributed by atoms with Crippen LogP contribution in [-0.4, -0.2) is 24.5 Å². The van der Waals surface area contributed by atoms with E-state index in [2.05, 4.69) is 50.6 Å². The fourth-order valence-corrected chi connectivity index (χ4v) is 1.90. The summed E-state index contributed by atoms with van der Waals surface area (Å²) in [5.41, 5.74) is 1.34.